The molecule has 7 rings (SSSR count). The highest BCUT2D eigenvalue weighted by molar-refractivity contribution is 5.92. The molecule has 2 aromatic carbocycles. The maximum Gasteiger partial charge on any atom is 0.335 e. The number of benzene rings is 2. The Bertz CT molecular complexity index is 1750. The molecule has 216 valence electrons. The summed E-state index contributed by atoms with van der Waals surface area (Å²) in [6.07, 6.45) is 5.26. The number of pyridine rings is 1. The van der Waals surface area contributed by atoms with Crippen molar-refractivity contribution in [2.24, 2.45) is 7.05 Å². The van der Waals surface area contributed by atoms with Crippen LogP contribution in [0.3, 0.4) is 0 Å². The Morgan fingerprint density at radius 1 is 1.02 bits per heavy atom. The van der Waals surface area contributed by atoms with E-state index in [0.717, 1.165) is 73.6 Å². The van der Waals surface area contributed by atoms with E-state index in [-0.39, 0.29) is 11.7 Å². The number of carboxylic acids is 1. The SMILES string of the molecule is Cn1ccc2c(COc3cccc(C4CCN(Cc5nc6ccc(C(=O)O)cc6n5C[C@@H]5CCO5)CC4)n3)cccc21. The predicted molar refractivity (Wildman–Crippen MR) is 160 cm³/mol. The number of ether oxygens (including phenoxy) is 2. The number of rotatable bonds is 9. The molecule has 0 bridgehead atoms. The number of carboxylic acid groups (broad SMARTS) is 1. The minimum atomic E-state index is -0.926. The van der Waals surface area contributed by atoms with Crippen LogP contribution in [0.15, 0.2) is 66.9 Å². The molecule has 1 atom stereocenters. The summed E-state index contributed by atoms with van der Waals surface area (Å²) in [6.45, 7) is 4.56. The zero-order chi connectivity index (χ0) is 28.6. The molecule has 42 heavy (non-hydrogen) atoms. The highest BCUT2D eigenvalue weighted by Gasteiger charge is 2.26. The van der Waals surface area contributed by atoms with Crippen molar-refractivity contribution in [1.82, 2.24) is 24.0 Å². The first-order valence-corrected chi connectivity index (χ1v) is 14.7. The highest BCUT2D eigenvalue weighted by Crippen LogP contribution is 2.30. The number of hydrogen-bond donors (Lipinski definition) is 1. The fourth-order valence-corrected chi connectivity index (χ4v) is 6.23. The molecular formula is C33H35N5O4. The van der Waals surface area contributed by atoms with Crippen LogP contribution in [0.1, 0.15) is 52.6 Å². The van der Waals surface area contributed by atoms with E-state index in [1.54, 1.807) is 12.1 Å². The first-order valence-electron chi connectivity index (χ1n) is 14.7. The normalized spacial score (nSPS) is 18.0. The number of carbonyl (C=O) groups is 1. The number of hydrogen-bond acceptors (Lipinski definition) is 6. The van der Waals surface area contributed by atoms with Crippen LogP contribution in [0.2, 0.25) is 0 Å². The molecule has 0 spiro atoms. The third kappa shape index (κ3) is 5.26. The van der Waals surface area contributed by atoms with Gasteiger partial charge in [0.15, 0.2) is 0 Å². The number of aromatic carboxylic acids is 1. The van der Waals surface area contributed by atoms with Gasteiger partial charge in [0, 0.05) is 48.4 Å². The predicted octanol–water partition coefficient (Wildman–Crippen LogP) is 5.37. The van der Waals surface area contributed by atoms with E-state index < -0.39 is 5.97 Å². The van der Waals surface area contributed by atoms with Crippen molar-refractivity contribution in [3.8, 4) is 5.88 Å². The van der Waals surface area contributed by atoms with Gasteiger partial charge in [-0.1, -0.05) is 18.2 Å². The number of imidazole rings is 1. The quantitative estimate of drug-likeness (QED) is 0.257. The number of nitrogens with zero attached hydrogens (tertiary/aromatic N) is 5. The summed E-state index contributed by atoms with van der Waals surface area (Å²) in [6, 6.07) is 19.7. The van der Waals surface area contributed by atoms with Gasteiger partial charge >= 0.3 is 5.97 Å². The van der Waals surface area contributed by atoms with Crippen LogP contribution in [0.5, 0.6) is 5.88 Å². The Kier molecular flexibility index (Phi) is 7.13. The third-order valence-corrected chi connectivity index (χ3v) is 8.76. The minimum absolute atomic E-state index is 0.154. The van der Waals surface area contributed by atoms with E-state index in [9.17, 15) is 9.90 Å². The van der Waals surface area contributed by atoms with Gasteiger partial charge in [0.25, 0.3) is 0 Å². The van der Waals surface area contributed by atoms with E-state index in [0.29, 0.717) is 24.9 Å². The molecule has 2 aliphatic rings. The van der Waals surface area contributed by atoms with Crippen LogP contribution in [0.25, 0.3) is 21.9 Å². The maximum absolute atomic E-state index is 11.6. The molecule has 1 N–H and O–H groups in total. The third-order valence-electron chi connectivity index (χ3n) is 8.76. The van der Waals surface area contributed by atoms with Crippen LogP contribution in [-0.2, 0) is 31.5 Å². The number of likely N-dealkylation sites (tertiary alicyclic amines) is 1. The summed E-state index contributed by atoms with van der Waals surface area (Å²) in [5.41, 5.74) is 5.40. The Hall–Kier alpha value is -4.21. The van der Waals surface area contributed by atoms with E-state index in [4.69, 9.17) is 19.4 Å². The first kappa shape index (κ1) is 26.7. The van der Waals surface area contributed by atoms with Crippen molar-refractivity contribution in [3.05, 3.63) is 89.5 Å². The van der Waals surface area contributed by atoms with Crippen molar-refractivity contribution >= 4 is 27.9 Å². The first-order chi connectivity index (χ1) is 20.5. The number of fused-ring (bicyclic) bond motifs is 2. The van der Waals surface area contributed by atoms with Crippen molar-refractivity contribution in [2.45, 2.75) is 51.0 Å². The van der Waals surface area contributed by atoms with Crippen molar-refractivity contribution < 1.29 is 19.4 Å². The summed E-state index contributed by atoms with van der Waals surface area (Å²) in [7, 11) is 2.06. The molecule has 2 saturated heterocycles. The zero-order valence-electron chi connectivity index (χ0n) is 23.8. The minimum Gasteiger partial charge on any atom is -0.478 e. The summed E-state index contributed by atoms with van der Waals surface area (Å²) in [4.78, 5) is 23.9. The summed E-state index contributed by atoms with van der Waals surface area (Å²) in [5.74, 6) is 1.08. The second-order valence-electron chi connectivity index (χ2n) is 11.4. The van der Waals surface area contributed by atoms with Gasteiger partial charge in [0.05, 0.1) is 35.8 Å². The molecule has 9 heteroatoms. The monoisotopic (exact) mass is 565 g/mol. The molecule has 2 fully saturated rings. The standard InChI is InChI=1S/C33H35N5O4/c1-36-14-12-26-24(4-2-6-29(26)36)21-42-32-7-3-5-27(35-32)22-10-15-37(16-11-22)20-31-34-28-9-8-23(33(39)40)18-30(28)38(31)19-25-13-17-41-25/h2-9,12,14,18,22,25H,10-11,13,15-17,19-21H2,1H3,(H,39,40)/t25-/m0/s1. The molecule has 0 amide bonds. The highest BCUT2D eigenvalue weighted by atomic mass is 16.5. The lowest BCUT2D eigenvalue weighted by Crippen LogP contribution is -2.35. The number of piperidine rings is 1. The van der Waals surface area contributed by atoms with Gasteiger partial charge in [-0.3, -0.25) is 4.90 Å². The van der Waals surface area contributed by atoms with Crippen molar-refractivity contribution in [3.63, 3.8) is 0 Å². The fraction of sp³-hybridized carbons (Fsp3) is 0.364. The largest absolute Gasteiger partial charge is 0.478 e. The van der Waals surface area contributed by atoms with Gasteiger partial charge in [-0.05, 0) is 74.3 Å². The summed E-state index contributed by atoms with van der Waals surface area (Å²) in [5, 5.41) is 10.7. The van der Waals surface area contributed by atoms with Crippen LogP contribution >= 0.6 is 0 Å². The number of aryl methyl sites for hydroxylation is 1. The molecule has 0 aliphatic carbocycles. The maximum atomic E-state index is 11.6. The Balaban J connectivity index is 1.01. The zero-order valence-corrected chi connectivity index (χ0v) is 23.8. The Morgan fingerprint density at radius 2 is 1.86 bits per heavy atom. The van der Waals surface area contributed by atoms with Gasteiger partial charge < -0.3 is 23.7 Å². The molecule has 0 radical (unpaired) electrons. The van der Waals surface area contributed by atoms with Crippen molar-refractivity contribution in [1.29, 1.82) is 0 Å². The molecular weight excluding hydrogens is 530 g/mol. The van der Waals surface area contributed by atoms with Crippen LogP contribution in [0, 0.1) is 0 Å². The lowest BCUT2D eigenvalue weighted by Gasteiger charge is -2.32. The van der Waals surface area contributed by atoms with E-state index >= 15 is 0 Å². The molecule has 0 saturated carbocycles. The lowest BCUT2D eigenvalue weighted by molar-refractivity contribution is -0.0592. The fourth-order valence-electron chi connectivity index (χ4n) is 6.23. The van der Waals surface area contributed by atoms with Crippen LogP contribution < -0.4 is 4.74 Å². The second kappa shape index (κ2) is 11.2. The average molecular weight is 566 g/mol. The molecule has 9 nitrogen and oxygen atoms in total. The molecule has 5 aromatic rings. The Labute approximate surface area is 244 Å². The molecule has 3 aromatic heterocycles. The summed E-state index contributed by atoms with van der Waals surface area (Å²) >= 11 is 0. The van der Waals surface area contributed by atoms with E-state index in [2.05, 4.69) is 57.6 Å². The van der Waals surface area contributed by atoms with Crippen LogP contribution in [0.4, 0.5) is 0 Å². The van der Waals surface area contributed by atoms with Crippen LogP contribution in [-0.4, -0.2) is 60.9 Å². The van der Waals surface area contributed by atoms with Gasteiger partial charge in [0.1, 0.15) is 12.4 Å². The van der Waals surface area contributed by atoms with Gasteiger partial charge in [-0.15, -0.1) is 0 Å². The second-order valence-corrected chi connectivity index (χ2v) is 11.4. The topological polar surface area (TPSA) is 94.6 Å². The van der Waals surface area contributed by atoms with Crippen molar-refractivity contribution in [2.75, 3.05) is 19.7 Å². The lowest BCUT2D eigenvalue weighted by atomic mass is 9.93. The number of aromatic nitrogens is 4. The van der Waals surface area contributed by atoms with Gasteiger partial charge in [-0.2, -0.15) is 0 Å². The average Bonchev–Trinajstić information content (AvgIpc) is 3.53. The van der Waals surface area contributed by atoms with Gasteiger partial charge in [-0.25, -0.2) is 14.8 Å². The molecule has 5 heterocycles. The molecule has 0 unspecified atom stereocenters. The Morgan fingerprint density at radius 3 is 2.64 bits per heavy atom. The summed E-state index contributed by atoms with van der Waals surface area (Å²) < 4.78 is 16.2. The smallest absolute Gasteiger partial charge is 0.335 e. The van der Waals surface area contributed by atoms with E-state index in [1.165, 1.54) is 10.9 Å². The van der Waals surface area contributed by atoms with Gasteiger partial charge in [0.2, 0.25) is 5.88 Å². The molecule has 2 aliphatic heterocycles. The van der Waals surface area contributed by atoms with E-state index in [1.807, 2.05) is 18.2 Å².